The van der Waals surface area contributed by atoms with Crippen LogP contribution in [0.25, 0.3) is 5.69 Å². The van der Waals surface area contributed by atoms with E-state index in [0.29, 0.717) is 19.8 Å². The van der Waals surface area contributed by atoms with E-state index in [1.54, 1.807) is 23.0 Å². The maximum Gasteiger partial charge on any atom is 0.123 e. The van der Waals surface area contributed by atoms with Crippen LogP contribution in [0.2, 0.25) is 0 Å². The maximum absolute atomic E-state index is 13.8. The average molecular weight is 360 g/mol. The van der Waals surface area contributed by atoms with Crippen LogP contribution in [0.3, 0.4) is 0 Å². The Morgan fingerprint density at radius 2 is 2.12 bits per heavy atom. The maximum atomic E-state index is 13.8. The number of hydrogen-bond acceptors (Lipinski definition) is 5. The molecule has 1 aromatic heterocycles. The molecule has 0 spiro atoms. The number of aromatic nitrogens is 2. The zero-order valence-corrected chi connectivity index (χ0v) is 14.8. The second-order valence-corrected chi connectivity index (χ2v) is 7.06. The van der Waals surface area contributed by atoms with E-state index in [1.807, 2.05) is 12.3 Å². The average Bonchev–Trinajstić information content (AvgIpc) is 3.25. The molecule has 2 fully saturated rings. The molecule has 2 atom stereocenters. The molecule has 7 heteroatoms. The molecule has 0 unspecified atom stereocenters. The third-order valence-corrected chi connectivity index (χ3v) is 5.30. The van der Waals surface area contributed by atoms with Crippen molar-refractivity contribution in [3.05, 3.63) is 48.0 Å². The van der Waals surface area contributed by atoms with Crippen LogP contribution in [0, 0.1) is 5.82 Å². The SMILES string of the molecule is O[C@@H]1COC[C@H]1N1CCCN(Cc2cc(F)ccc2-n2cccn2)CC1. The molecule has 0 bridgehead atoms. The molecule has 2 aliphatic rings. The fourth-order valence-electron chi connectivity index (χ4n) is 3.92. The Kier molecular flexibility index (Phi) is 5.31. The van der Waals surface area contributed by atoms with Crippen LogP contribution in [-0.4, -0.2) is 76.2 Å². The summed E-state index contributed by atoms with van der Waals surface area (Å²) in [6.45, 7) is 5.40. The van der Waals surface area contributed by atoms with Crippen LogP contribution in [0.4, 0.5) is 4.39 Å². The summed E-state index contributed by atoms with van der Waals surface area (Å²) in [5.41, 5.74) is 1.85. The summed E-state index contributed by atoms with van der Waals surface area (Å²) in [6, 6.07) is 6.84. The van der Waals surface area contributed by atoms with Crippen LogP contribution in [-0.2, 0) is 11.3 Å². The smallest absolute Gasteiger partial charge is 0.123 e. The summed E-state index contributed by atoms with van der Waals surface area (Å²) in [7, 11) is 0. The van der Waals surface area contributed by atoms with Gasteiger partial charge >= 0.3 is 0 Å². The van der Waals surface area contributed by atoms with Crippen LogP contribution < -0.4 is 0 Å². The Morgan fingerprint density at radius 3 is 2.88 bits per heavy atom. The summed E-state index contributed by atoms with van der Waals surface area (Å²) < 4.78 is 21.0. The van der Waals surface area contributed by atoms with E-state index in [1.165, 1.54) is 6.07 Å². The number of ether oxygens (including phenoxy) is 1. The summed E-state index contributed by atoms with van der Waals surface area (Å²) in [5.74, 6) is -0.224. The quantitative estimate of drug-likeness (QED) is 0.890. The van der Waals surface area contributed by atoms with Crippen molar-refractivity contribution in [1.82, 2.24) is 19.6 Å². The zero-order chi connectivity index (χ0) is 17.9. The van der Waals surface area contributed by atoms with E-state index in [4.69, 9.17) is 4.74 Å². The highest BCUT2D eigenvalue weighted by molar-refractivity contribution is 5.40. The van der Waals surface area contributed by atoms with Gasteiger partial charge in [0.25, 0.3) is 0 Å². The third kappa shape index (κ3) is 3.81. The standard InChI is InChI=1S/C19H25FN4O2/c20-16-3-4-17(24-8-1-5-21-24)15(11-16)12-22-6-2-7-23(10-9-22)18-13-26-14-19(18)25/h1,3-5,8,11,18-19,25H,2,6-7,9-10,12-14H2/t18-,19-/m1/s1. The van der Waals surface area contributed by atoms with Gasteiger partial charge in [0.1, 0.15) is 5.82 Å². The van der Waals surface area contributed by atoms with Gasteiger partial charge in [0, 0.05) is 32.0 Å². The van der Waals surface area contributed by atoms with Gasteiger partial charge in [-0.15, -0.1) is 0 Å². The number of halogens is 1. The van der Waals surface area contributed by atoms with Crippen LogP contribution >= 0.6 is 0 Å². The molecule has 0 saturated carbocycles. The number of hydrogen-bond donors (Lipinski definition) is 1. The zero-order valence-electron chi connectivity index (χ0n) is 14.8. The van der Waals surface area contributed by atoms with E-state index in [9.17, 15) is 9.50 Å². The summed E-state index contributed by atoms with van der Waals surface area (Å²) in [4.78, 5) is 4.68. The Labute approximate surface area is 152 Å². The molecule has 2 aliphatic heterocycles. The molecule has 6 nitrogen and oxygen atoms in total. The van der Waals surface area contributed by atoms with Crippen LogP contribution in [0.5, 0.6) is 0 Å². The molecule has 0 aliphatic carbocycles. The Bertz CT molecular complexity index is 724. The largest absolute Gasteiger partial charge is 0.389 e. The van der Waals surface area contributed by atoms with Crippen molar-refractivity contribution in [2.75, 3.05) is 39.4 Å². The minimum Gasteiger partial charge on any atom is -0.389 e. The minimum absolute atomic E-state index is 0.101. The molecule has 0 radical (unpaired) electrons. The monoisotopic (exact) mass is 360 g/mol. The van der Waals surface area contributed by atoms with Crippen molar-refractivity contribution in [2.24, 2.45) is 0 Å². The van der Waals surface area contributed by atoms with E-state index in [2.05, 4.69) is 14.9 Å². The lowest BCUT2D eigenvalue weighted by Gasteiger charge is -2.28. The van der Waals surface area contributed by atoms with E-state index >= 15 is 0 Å². The molecule has 2 saturated heterocycles. The second-order valence-electron chi connectivity index (χ2n) is 7.06. The fraction of sp³-hybridized carbons (Fsp3) is 0.526. The molecular weight excluding hydrogens is 335 g/mol. The first-order valence-corrected chi connectivity index (χ1v) is 9.21. The molecule has 2 aromatic rings. The second kappa shape index (κ2) is 7.84. The highest BCUT2D eigenvalue weighted by Gasteiger charge is 2.32. The molecule has 1 aromatic carbocycles. The summed E-state index contributed by atoms with van der Waals surface area (Å²) in [6.07, 6.45) is 4.24. The van der Waals surface area contributed by atoms with Crippen molar-refractivity contribution in [1.29, 1.82) is 0 Å². The van der Waals surface area contributed by atoms with Gasteiger partial charge in [-0.2, -0.15) is 5.10 Å². The van der Waals surface area contributed by atoms with Gasteiger partial charge in [-0.05, 0) is 49.3 Å². The lowest BCUT2D eigenvalue weighted by atomic mass is 10.1. The Morgan fingerprint density at radius 1 is 1.19 bits per heavy atom. The van der Waals surface area contributed by atoms with Crippen molar-refractivity contribution >= 4 is 0 Å². The van der Waals surface area contributed by atoms with E-state index in [-0.39, 0.29) is 11.9 Å². The highest BCUT2D eigenvalue weighted by atomic mass is 19.1. The molecule has 140 valence electrons. The first-order valence-electron chi connectivity index (χ1n) is 9.21. The molecule has 3 heterocycles. The topological polar surface area (TPSA) is 53.8 Å². The van der Waals surface area contributed by atoms with E-state index in [0.717, 1.165) is 43.9 Å². The molecule has 0 amide bonds. The van der Waals surface area contributed by atoms with Crippen molar-refractivity contribution in [2.45, 2.75) is 25.1 Å². The molecule has 26 heavy (non-hydrogen) atoms. The first kappa shape index (κ1) is 17.6. The third-order valence-electron chi connectivity index (χ3n) is 5.30. The van der Waals surface area contributed by atoms with Crippen molar-refractivity contribution < 1.29 is 14.2 Å². The number of nitrogens with zero attached hydrogens (tertiary/aromatic N) is 4. The Hall–Kier alpha value is -1.80. The fourth-order valence-corrected chi connectivity index (χ4v) is 3.92. The number of aliphatic hydroxyl groups excluding tert-OH is 1. The van der Waals surface area contributed by atoms with Crippen molar-refractivity contribution in [3.8, 4) is 5.69 Å². The number of benzene rings is 1. The van der Waals surface area contributed by atoms with Gasteiger partial charge in [0.05, 0.1) is 31.0 Å². The Balaban J connectivity index is 1.45. The van der Waals surface area contributed by atoms with Gasteiger partial charge in [-0.3, -0.25) is 9.80 Å². The predicted octanol–water partition coefficient (Wildman–Crippen LogP) is 1.28. The van der Waals surface area contributed by atoms with Gasteiger partial charge < -0.3 is 9.84 Å². The predicted molar refractivity (Wildman–Crippen MR) is 95.6 cm³/mol. The van der Waals surface area contributed by atoms with Gasteiger partial charge in [-0.1, -0.05) is 0 Å². The lowest BCUT2D eigenvalue weighted by Crippen LogP contribution is -2.44. The minimum atomic E-state index is -0.392. The molecule has 1 N–H and O–H groups in total. The lowest BCUT2D eigenvalue weighted by molar-refractivity contribution is 0.0837. The van der Waals surface area contributed by atoms with Gasteiger partial charge in [0.2, 0.25) is 0 Å². The van der Waals surface area contributed by atoms with Crippen LogP contribution in [0.15, 0.2) is 36.7 Å². The summed E-state index contributed by atoms with van der Waals surface area (Å²) in [5, 5.41) is 14.4. The van der Waals surface area contributed by atoms with Gasteiger partial charge in [0.15, 0.2) is 0 Å². The van der Waals surface area contributed by atoms with E-state index < -0.39 is 6.10 Å². The van der Waals surface area contributed by atoms with Crippen LogP contribution in [0.1, 0.15) is 12.0 Å². The van der Waals surface area contributed by atoms with Gasteiger partial charge in [-0.25, -0.2) is 9.07 Å². The highest BCUT2D eigenvalue weighted by Crippen LogP contribution is 2.20. The number of aliphatic hydroxyl groups is 1. The first-order chi connectivity index (χ1) is 12.7. The summed E-state index contributed by atoms with van der Waals surface area (Å²) >= 11 is 0. The number of rotatable bonds is 4. The van der Waals surface area contributed by atoms with Crippen molar-refractivity contribution in [3.63, 3.8) is 0 Å². The molecule has 4 rings (SSSR count). The molecular formula is C19H25FN4O2. The normalized spacial score (nSPS) is 25.5.